The molecule has 0 bridgehead atoms. The van der Waals surface area contributed by atoms with Gasteiger partial charge in [0.25, 0.3) is 5.91 Å². The molecular formula is C18H28N2O4. The fraction of sp³-hybridized carbons (Fsp3) is 0.611. The molecule has 1 heterocycles. The van der Waals surface area contributed by atoms with Crippen LogP contribution >= 0.6 is 0 Å². The number of likely N-dealkylation sites (N-methyl/N-ethyl adjacent to an activating group) is 1. The Kier molecular flexibility index (Phi) is 6.21. The number of aliphatic hydroxyl groups is 1. The van der Waals surface area contributed by atoms with Crippen LogP contribution in [-0.2, 0) is 22.7 Å². The summed E-state index contributed by atoms with van der Waals surface area (Å²) in [6.07, 6.45) is 0. The molecule has 1 fully saturated rings. The highest BCUT2D eigenvalue weighted by molar-refractivity contribution is 5.84. The molecule has 1 aliphatic heterocycles. The first-order valence-electron chi connectivity index (χ1n) is 8.33. The zero-order chi connectivity index (χ0) is 17.7. The summed E-state index contributed by atoms with van der Waals surface area (Å²) in [6, 6.07) is 5.87. The van der Waals surface area contributed by atoms with Crippen LogP contribution in [0, 0.1) is 0 Å². The largest absolute Gasteiger partial charge is 0.494 e. The van der Waals surface area contributed by atoms with Gasteiger partial charge in [-0.1, -0.05) is 6.07 Å². The third kappa shape index (κ3) is 4.26. The van der Waals surface area contributed by atoms with Gasteiger partial charge >= 0.3 is 0 Å². The Morgan fingerprint density at radius 3 is 2.83 bits per heavy atom. The molecule has 1 amide bonds. The molecule has 24 heavy (non-hydrogen) atoms. The molecule has 134 valence electrons. The van der Waals surface area contributed by atoms with Gasteiger partial charge in [0.2, 0.25) is 0 Å². The summed E-state index contributed by atoms with van der Waals surface area (Å²) in [5.74, 6) is 0.702. The van der Waals surface area contributed by atoms with E-state index < -0.39 is 5.60 Å². The van der Waals surface area contributed by atoms with Gasteiger partial charge in [-0.05, 0) is 31.5 Å². The van der Waals surface area contributed by atoms with E-state index in [1.807, 2.05) is 32.0 Å². The average molecular weight is 336 g/mol. The number of rotatable bonds is 6. The van der Waals surface area contributed by atoms with Crippen LogP contribution in [0.15, 0.2) is 18.2 Å². The van der Waals surface area contributed by atoms with Gasteiger partial charge in [0.05, 0.1) is 19.8 Å². The molecule has 0 saturated carbocycles. The van der Waals surface area contributed by atoms with Crippen LogP contribution in [0.5, 0.6) is 5.75 Å². The Bertz CT molecular complexity index is 576. The maximum atomic E-state index is 12.4. The molecule has 1 aromatic carbocycles. The van der Waals surface area contributed by atoms with Crippen molar-refractivity contribution in [2.24, 2.45) is 0 Å². The van der Waals surface area contributed by atoms with E-state index in [0.717, 1.165) is 23.4 Å². The minimum atomic E-state index is -0.813. The molecule has 6 heteroatoms. The Hall–Kier alpha value is -1.63. The zero-order valence-corrected chi connectivity index (χ0v) is 15.0. The number of hydrogen-bond donors (Lipinski definition) is 1. The van der Waals surface area contributed by atoms with E-state index in [1.54, 1.807) is 19.0 Å². The first-order chi connectivity index (χ1) is 11.4. The van der Waals surface area contributed by atoms with Crippen LogP contribution < -0.4 is 4.74 Å². The molecule has 0 aromatic heterocycles. The van der Waals surface area contributed by atoms with E-state index >= 15 is 0 Å². The van der Waals surface area contributed by atoms with E-state index in [1.165, 1.54) is 0 Å². The van der Waals surface area contributed by atoms with Crippen molar-refractivity contribution in [1.29, 1.82) is 0 Å². The lowest BCUT2D eigenvalue weighted by Gasteiger charge is -2.40. The minimum absolute atomic E-state index is 0.0186. The average Bonchev–Trinajstić information content (AvgIpc) is 2.55. The molecule has 0 spiro atoms. The minimum Gasteiger partial charge on any atom is -0.494 e. The number of carbonyl (C=O) groups excluding carboxylic acids is 1. The fourth-order valence-electron chi connectivity index (χ4n) is 3.10. The van der Waals surface area contributed by atoms with E-state index in [9.17, 15) is 9.90 Å². The molecular weight excluding hydrogens is 308 g/mol. The highest BCUT2D eigenvalue weighted by Gasteiger charge is 2.40. The van der Waals surface area contributed by atoms with Crippen molar-refractivity contribution in [3.63, 3.8) is 0 Å². The number of ether oxygens (including phenoxy) is 2. The molecule has 1 unspecified atom stereocenters. The van der Waals surface area contributed by atoms with Crippen LogP contribution in [0.25, 0.3) is 0 Å². The summed E-state index contributed by atoms with van der Waals surface area (Å²) in [4.78, 5) is 16.1. The number of aliphatic hydroxyl groups excluding tert-OH is 1. The number of nitrogens with zero attached hydrogens (tertiary/aromatic N) is 2. The molecule has 0 radical (unpaired) electrons. The van der Waals surface area contributed by atoms with Gasteiger partial charge in [-0.2, -0.15) is 0 Å². The van der Waals surface area contributed by atoms with Gasteiger partial charge in [-0.15, -0.1) is 0 Å². The van der Waals surface area contributed by atoms with Crippen LogP contribution in [0.2, 0.25) is 0 Å². The molecule has 6 nitrogen and oxygen atoms in total. The summed E-state index contributed by atoms with van der Waals surface area (Å²) in [7, 11) is 3.49. The van der Waals surface area contributed by atoms with Crippen molar-refractivity contribution in [3.8, 4) is 5.75 Å². The summed E-state index contributed by atoms with van der Waals surface area (Å²) in [5.41, 5.74) is 1.06. The standard InChI is InChI=1S/C18H28N2O4/c1-5-23-16-7-6-14(10-15(16)12-21)11-20-8-9-24-18(2,13-20)17(22)19(3)4/h6-7,10,21H,5,8-9,11-13H2,1-4H3. The van der Waals surface area contributed by atoms with Crippen LogP contribution in [0.3, 0.4) is 0 Å². The summed E-state index contributed by atoms with van der Waals surface area (Å²) in [6.45, 7) is 6.84. The lowest BCUT2D eigenvalue weighted by molar-refractivity contribution is -0.165. The summed E-state index contributed by atoms with van der Waals surface area (Å²) >= 11 is 0. The highest BCUT2D eigenvalue weighted by Crippen LogP contribution is 2.24. The monoisotopic (exact) mass is 336 g/mol. The number of carbonyl (C=O) groups is 1. The van der Waals surface area contributed by atoms with Crippen molar-refractivity contribution >= 4 is 5.91 Å². The first-order valence-corrected chi connectivity index (χ1v) is 8.33. The summed E-state index contributed by atoms with van der Waals surface area (Å²) in [5, 5.41) is 9.53. The number of hydrogen-bond acceptors (Lipinski definition) is 5. The molecule has 1 aromatic rings. The van der Waals surface area contributed by atoms with Gasteiger partial charge in [0, 0.05) is 39.3 Å². The van der Waals surface area contributed by atoms with E-state index in [2.05, 4.69) is 4.90 Å². The predicted molar refractivity (Wildman–Crippen MR) is 91.9 cm³/mol. The molecule has 0 aliphatic carbocycles. The molecule has 1 atom stereocenters. The topological polar surface area (TPSA) is 62.2 Å². The smallest absolute Gasteiger partial charge is 0.255 e. The quantitative estimate of drug-likeness (QED) is 0.847. The van der Waals surface area contributed by atoms with E-state index in [0.29, 0.717) is 26.3 Å². The molecule has 1 aliphatic rings. The fourth-order valence-corrected chi connectivity index (χ4v) is 3.10. The lowest BCUT2D eigenvalue weighted by atomic mass is 10.0. The van der Waals surface area contributed by atoms with E-state index in [4.69, 9.17) is 9.47 Å². The Labute approximate surface area is 144 Å². The van der Waals surface area contributed by atoms with Crippen LogP contribution in [0.1, 0.15) is 25.0 Å². The van der Waals surface area contributed by atoms with Crippen LogP contribution in [0.4, 0.5) is 0 Å². The second kappa shape index (κ2) is 7.96. The SMILES string of the molecule is CCOc1ccc(CN2CCOC(C)(C(=O)N(C)C)C2)cc1CO. The van der Waals surface area contributed by atoms with Gasteiger partial charge in [-0.25, -0.2) is 0 Å². The second-order valence-electron chi connectivity index (χ2n) is 6.52. The van der Waals surface area contributed by atoms with Crippen molar-refractivity contribution in [2.45, 2.75) is 32.6 Å². The van der Waals surface area contributed by atoms with Gasteiger partial charge in [-0.3, -0.25) is 9.69 Å². The van der Waals surface area contributed by atoms with E-state index in [-0.39, 0.29) is 12.5 Å². The first kappa shape index (κ1) is 18.7. The lowest BCUT2D eigenvalue weighted by Crippen LogP contribution is -2.57. The predicted octanol–water partition coefficient (Wildman–Crippen LogP) is 1.26. The summed E-state index contributed by atoms with van der Waals surface area (Å²) < 4.78 is 11.3. The number of amides is 1. The highest BCUT2D eigenvalue weighted by atomic mass is 16.5. The molecule has 1 N–H and O–H groups in total. The molecule has 2 rings (SSSR count). The third-order valence-electron chi connectivity index (χ3n) is 4.21. The Morgan fingerprint density at radius 2 is 2.21 bits per heavy atom. The number of benzene rings is 1. The van der Waals surface area contributed by atoms with Crippen LogP contribution in [-0.4, -0.2) is 66.8 Å². The van der Waals surface area contributed by atoms with Crippen molar-refractivity contribution < 1.29 is 19.4 Å². The normalized spacial score (nSPS) is 21.5. The third-order valence-corrected chi connectivity index (χ3v) is 4.21. The zero-order valence-electron chi connectivity index (χ0n) is 15.0. The van der Waals surface area contributed by atoms with Crippen molar-refractivity contribution in [3.05, 3.63) is 29.3 Å². The number of morpholine rings is 1. The van der Waals surface area contributed by atoms with Gasteiger partial charge in [0.1, 0.15) is 5.75 Å². The maximum absolute atomic E-state index is 12.4. The second-order valence-corrected chi connectivity index (χ2v) is 6.52. The Balaban J connectivity index is 2.09. The maximum Gasteiger partial charge on any atom is 0.255 e. The Morgan fingerprint density at radius 1 is 1.46 bits per heavy atom. The van der Waals surface area contributed by atoms with Crippen molar-refractivity contribution in [1.82, 2.24) is 9.80 Å². The molecule has 1 saturated heterocycles. The van der Waals surface area contributed by atoms with Crippen molar-refractivity contribution in [2.75, 3.05) is 40.4 Å². The van der Waals surface area contributed by atoms with Gasteiger partial charge < -0.3 is 19.5 Å². The van der Waals surface area contributed by atoms with Gasteiger partial charge in [0.15, 0.2) is 5.60 Å².